The van der Waals surface area contributed by atoms with Gasteiger partial charge in [0, 0.05) is 48.1 Å². The average molecular weight is 900 g/mol. The van der Waals surface area contributed by atoms with Gasteiger partial charge >= 0.3 is 0 Å². The summed E-state index contributed by atoms with van der Waals surface area (Å²) < 4.78 is 2.57. The Morgan fingerprint density at radius 3 is 1.35 bits per heavy atom. The van der Waals surface area contributed by atoms with Crippen molar-refractivity contribution in [2.45, 2.75) is 43.9 Å². The van der Waals surface area contributed by atoms with Gasteiger partial charge < -0.3 is 4.90 Å². The fourth-order valence-electron chi connectivity index (χ4n) is 13.0. The van der Waals surface area contributed by atoms with Gasteiger partial charge in [-0.1, -0.05) is 210 Å². The molecule has 0 atom stereocenters. The molecule has 0 saturated carbocycles. The minimum atomic E-state index is -0.508. The van der Waals surface area contributed by atoms with Crippen molar-refractivity contribution in [1.29, 1.82) is 0 Å². The van der Waals surface area contributed by atoms with Gasteiger partial charge in [0.05, 0.1) is 5.41 Å². The van der Waals surface area contributed by atoms with Gasteiger partial charge in [-0.25, -0.2) is 0 Å². The van der Waals surface area contributed by atoms with E-state index in [1.807, 2.05) is 11.3 Å². The van der Waals surface area contributed by atoms with E-state index >= 15 is 0 Å². The Balaban J connectivity index is 1.03. The Bertz CT molecular complexity index is 3750. The molecular weight excluding hydrogens is 851 g/mol. The number of hydrogen-bond acceptors (Lipinski definition) is 2. The maximum atomic E-state index is 2.56. The van der Waals surface area contributed by atoms with Gasteiger partial charge in [0.25, 0.3) is 0 Å². The summed E-state index contributed by atoms with van der Waals surface area (Å²) in [5.41, 5.74) is 23.9. The number of rotatable bonds is 6. The molecule has 10 aromatic carbocycles. The molecule has 0 saturated heterocycles. The molecule has 0 aliphatic heterocycles. The second kappa shape index (κ2) is 14.6. The van der Waals surface area contributed by atoms with Gasteiger partial charge in [-0.15, -0.1) is 11.3 Å². The predicted octanol–water partition coefficient (Wildman–Crippen LogP) is 18.2. The lowest BCUT2D eigenvalue weighted by molar-refractivity contribution is 0.660. The van der Waals surface area contributed by atoms with Gasteiger partial charge in [0.2, 0.25) is 0 Å². The van der Waals surface area contributed by atoms with Crippen molar-refractivity contribution >= 4 is 48.6 Å². The first-order valence-corrected chi connectivity index (χ1v) is 25.2. The quantitative estimate of drug-likeness (QED) is 0.161. The molecule has 69 heavy (non-hydrogen) atoms. The van der Waals surface area contributed by atoms with Gasteiger partial charge in [0.15, 0.2) is 0 Å². The standard InChI is InChI=1S/C67H49NS/c1-65(2)54-29-17-14-26-48(54)50-35-32-45(38-57(50)65)68(46-33-36-51-49-27-15-18-30-55(49)66(3,4)58(51)39-46)47-34-37-53-60(40-47)69-61-41-59-63(62(64(53)61)42-20-8-5-9-21-42)52-28-16-19-31-56(52)67(59,43-22-10-6-11-23-43)44-24-12-7-13-25-44/h5-41H,1-4H3. The molecule has 0 spiro atoms. The zero-order valence-electron chi connectivity index (χ0n) is 39.2. The van der Waals surface area contributed by atoms with Gasteiger partial charge in [-0.2, -0.15) is 0 Å². The average Bonchev–Trinajstić information content (AvgIpc) is 4.05. The van der Waals surface area contributed by atoms with E-state index in [1.165, 1.54) is 121 Å². The summed E-state index contributed by atoms with van der Waals surface area (Å²) in [6.07, 6.45) is 0. The molecule has 328 valence electrons. The number of anilines is 3. The van der Waals surface area contributed by atoms with Crippen LogP contribution in [-0.4, -0.2) is 0 Å². The summed E-state index contributed by atoms with van der Waals surface area (Å²) in [6.45, 7) is 9.53. The van der Waals surface area contributed by atoms with Crippen molar-refractivity contribution in [2.75, 3.05) is 4.90 Å². The molecule has 3 aliphatic carbocycles. The van der Waals surface area contributed by atoms with E-state index in [4.69, 9.17) is 0 Å². The molecule has 0 fully saturated rings. The molecule has 0 bridgehead atoms. The highest BCUT2D eigenvalue weighted by Crippen LogP contribution is 2.61. The van der Waals surface area contributed by atoms with E-state index in [-0.39, 0.29) is 10.8 Å². The van der Waals surface area contributed by atoms with Crippen LogP contribution in [0.15, 0.2) is 224 Å². The van der Waals surface area contributed by atoms with Crippen LogP contribution in [0.2, 0.25) is 0 Å². The molecule has 1 heterocycles. The van der Waals surface area contributed by atoms with Crippen LogP contribution in [0.3, 0.4) is 0 Å². The lowest BCUT2D eigenvalue weighted by atomic mass is 9.67. The van der Waals surface area contributed by atoms with Gasteiger partial charge in [-0.3, -0.25) is 0 Å². The largest absolute Gasteiger partial charge is 0.310 e. The van der Waals surface area contributed by atoms with Crippen molar-refractivity contribution in [3.05, 3.63) is 269 Å². The summed E-state index contributed by atoms with van der Waals surface area (Å²) in [4.78, 5) is 2.52. The van der Waals surface area contributed by atoms with Crippen molar-refractivity contribution in [1.82, 2.24) is 0 Å². The third-order valence-corrected chi connectivity index (χ3v) is 17.2. The zero-order chi connectivity index (χ0) is 46.2. The lowest BCUT2D eigenvalue weighted by Crippen LogP contribution is -2.28. The highest BCUT2D eigenvalue weighted by atomic mass is 32.1. The Hall–Kier alpha value is -7.78. The molecule has 1 nitrogen and oxygen atoms in total. The molecule has 0 amide bonds. The van der Waals surface area contributed by atoms with Crippen LogP contribution < -0.4 is 4.90 Å². The van der Waals surface area contributed by atoms with Crippen molar-refractivity contribution in [3.63, 3.8) is 0 Å². The molecule has 1 aromatic heterocycles. The van der Waals surface area contributed by atoms with Crippen LogP contribution in [0.5, 0.6) is 0 Å². The van der Waals surface area contributed by atoms with Crippen molar-refractivity contribution < 1.29 is 0 Å². The molecular formula is C67H49NS. The van der Waals surface area contributed by atoms with Crippen LogP contribution in [0.1, 0.15) is 72.2 Å². The molecule has 14 rings (SSSR count). The maximum Gasteiger partial charge on any atom is 0.0714 e. The molecule has 2 heteroatoms. The first kappa shape index (κ1) is 40.3. The Morgan fingerprint density at radius 2 is 0.783 bits per heavy atom. The minimum absolute atomic E-state index is 0.133. The van der Waals surface area contributed by atoms with E-state index in [2.05, 4.69) is 257 Å². The summed E-state index contributed by atoms with van der Waals surface area (Å²) in [7, 11) is 0. The minimum Gasteiger partial charge on any atom is -0.310 e. The third-order valence-electron chi connectivity index (χ3n) is 16.1. The molecule has 0 unspecified atom stereocenters. The zero-order valence-corrected chi connectivity index (χ0v) is 40.0. The fourth-order valence-corrected chi connectivity index (χ4v) is 14.2. The summed E-state index contributed by atoms with van der Waals surface area (Å²) in [5, 5.41) is 2.60. The van der Waals surface area contributed by atoms with Crippen LogP contribution in [0, 0.1) is 0 Å². The normalized spacial score (nSPS) is 15.0. The number of nitrogens with zero attached hydrogens (tertiary/aromatic N) is 1. The summed E-state index contributed by atoms with van der Waals surface area (Å²) in [6, 6.07) is 84.8. The van der Waals surface area contributed by atoms with E-state index in [1.54, 1.807) is 0 Å². The number of fused-ring (bicyclic) bond motifs is 12. The Morgan fingerprint density at radius 1 is 0.333 bits per heavy atom. The summed E-state index contributed by atoms with van der Waals surface area (Å²) >= 11 is 1.92. The van der Waals surface area contributed by atoms with Crippen molar-refractivity contribution in [3.8, 4) is 44.5 Å². The first-order chi connectivity index (χ1) is 33.7. The van der Waals surface area contributed by atoms with E-state index in [0.29, 0.717) is 0 Å². The number of hydrogen-bond donors (Lipinski definition) is 0. The van der Waals surface area contributed by atoms with Crippen molar-refractivity contribution in [2.24, 2.45) is 0 Å². The highest BCUT2D eigenvalue weighted by Gasteiger charge is 2.48. The van der Waals surface area contributed by atoms with E-state index in [9.17, 15) is 0 Å². The van der Waals surface area contributed by atoms with Crippen LogP contribution in [-0.2, 0) is 16.2 Å². The molecule has 0 radical (unpaired) electrons. The first-order valence-electron chi connectivity index (χ1n) is 24.3. The Kier molecular flexibility index (Phi) is 8.54. The molecule has 0 N–H and O–H groups in total. The monoisotopic (exact) mass is 899 g/mol. The SMILES string of the molecule is CC1(C)c2ccccc2-c2ccc(N(c3ccc4c(c3)C(C)(C)c3ccccc3-4)c3ccc4c(c3)sc3cc5c(c(-c6ccccc6)c34)-c3ccccc3C5(c3ccccc3)c3ccccc3)cc21. The third kappa shape index (κ3) is 5.52. The highest BCUT2D eigenvalue weighted by molar-refractivity contribution is 7.26. The fraction of sp³-hybridized carbons (Fsp3) is 0.104. The maximum absolute atomic E-state index is 2.56. The molecule has 3 aliphatic rings. The number of benzene rings is 10. The van der Waals surface area contributed by atoms with E-state index in [0.717, 1.165) is 5.69 Å². The second-order valence-electron chi connectivity index (χ2n) is 20.4. The lowest BCUT2D eigenvalue weighted by Gasteiger charge is -2.34. The van der Waals surface area contributed by atoms with E-state index < -0.39 is 5.41 Å². The van der Waals surface area contributed by atoms with Gasteiger partial charge in [-0.05, 0) is 131 Å². The predicted molar refractivity (Wildman–Crippen MR) is 292 cm³/mol. The topological polar surface area (TPSA) is 3.24 Å². The van der Waals surface area contributed by atoms with Crippen LogP contribution in [0.25, 0.3) is 64.7 Å². The second-order valence-corrected chi connectivity index (χ2v) is 21.4. The smallest absolute Gasteiger partial charge is 0.0714 e. The Labute approximate surface area is 408 Å². The van der Waals surface area contributed by atoms with Crippen LogP contribution in [0.4, 0.5) is 17.1 Å². The summed E-state index contributed by atoms with van der Waals surface area (Å²) in [5.74, 6) is 0. The molecule has 11 aromatic rings. The van der Waals surface area contributed by atoms with Crippen LogP contribution >= 0.6 is 11.3 Å². The number of thiophene rings is 1. The van der Waals surface area contributed by atoms with Gasteiger partial charge in [0.1, 0.15) is 0 Å².